The number of alkyl carbamates (subject to hydrolysis) is 1. The Hall–Kier alpha value is -4.98. The molecule has 4 aromatic rings. The maximum Gasteiger partial charge on any atom is 0.407 e. The molecule has 0 saturated heterocycles. The summed E-state index contributed by atoms with van der Waals surface area (Å²) < 4.78 is 28.6. The second-order valence-electron chi connectivity index (χ2n) is 8.44. The van der Waals surface area contributed by atoms with E-state index in [0.717, 1.165) is 16.5 Å². The third kappa shape index (κ3) is 8.00. The highest BCUT2D eigenvalue weighted by Gasteiger charge is 2.18. The van der Waals surface area contributed by atoms with Crippen LogP contribution in [0, 0.1) is 0 Å². The summed E-state index contributed by atoms with van der Waals surface area (Å²) in [5.41, 5.74) is 0.280. The highest BCUT2D eigenvalue weighted by Crippen LogP contribution is 2.36. The molecular weight excluding hydrogens is 498 g/mol. The monoisotopic (exact) mass is 527 g/mol. The highest BCUT2D eigenvalue weighted by molar-refractivity contribution is 5.93. The van der Waals surface area contributed by atoms with Gasteiger partial charge in [0.05, 0.1) is 6.54 Å². The van der Waals surface area contributed by atoms with E-state index in [1.165, 1.54) is 0 Å². The van der Waals surface area contributed by atoms with Gasteiger partial charge < -0.3 is 29.0 Å². The number of esters is 1. The van der Waals surface area contributed by atoms with Crippen LogP contribution >= 0.6 is 0 Å². The van der Waals surface area contributed by atoms with Crippen molar-refractivity contribution < 1.29 is 33.3 Å². The Balaban J connectivity index is 1.45. The van der Waals surface area contributed by atoms with E-state index >= 15 is 0 Å². The summed E-state index contributed by atoms with van der Waals surface area (Å²) in [4.78, 5) is 23.7. The summed E-state index contributed by atoms with van der Waals surface area (Å²) in [6.07, 6.45) is -1.66. The van der Waals surface area contributed by atoms with Gasteiger partial charge >= 0.3 is 12.1 Å². The Morgan fingerprint density at radius 3 is 2.00 bits per heavy atom. The number of rotatable bonds is 12. The lowest BCUT2D eigenvalue weighted by Crippen LogP contribution is -2.35. The molecule has 200 valence electrons. The quantitative estimate of drug-likeness (QED) is 0.101. The standard InChI is InChI=1S/C31H29NO7/c1-22(2)30(33)35-20-19-32-31(34)36-21-29(38-24-13-7-4-8-14-24)39-28-18-17-27(25-15-9-10-16-26(25)28)37-23-11-5-3-6-12-23/h3-18,29H,1,19-21H2,2H3,(H,32,34). The third-order valence-corrected chi connectivity index (χ3v) is 5.39. The Morgan fingerprint density at radius 2 is 1.33 bits per heavy atom. The summed E-state index contributed by atoms with van der Waals surface area (Å²) in [7, 11) is 0. The van der Waals surface area contributed by atoms with Crippen LogP contribution in [0.25, 0.3) is 10.8 Å². The number of fused-ring (bicyclic) bond motifs is 1. The molecule has 8 nitrogen and oxygen atoms in total. The Labute approximate surface area is 226 Å². The van der Waals surface area contributed by atoms with E-state index in [1.807, 2.05) is 78.9 Å². The lowest BCUT2D eigenvalue weighted by molar-refractivity contribution is -0.138. The topological polar surface area (TPSA) is 92.3 Å². The van der Waals surface area contributed by atoms with Crippen LogP contribution in [0.4, 0.5) is 4.79 Å². The number of hydrogen-bond donors (Lipinski definition) is 1. The molecule has 0 saturated carbocycles. The van der Waals surface area contributed by atoms with Crippen LogP contribution < -0.4 is 19.5 Å². The van der Waals surface area contributed by atoms with Crippen molar-refractivity contribution in [3.05, 3.63) is 109 Å². The Bertz CT molecular complexity index is 1410. The molecule has 1 unspecified atom stereocenters. The van der Waals surface area contributed by atoms with Crippen molar-refractivity contribution in [2.75, 3.05) is 19.8 Å². The molecule has 0 aliphatic rings. The maximum absolute atomic E-state index is 12.2. The van der Waals surface area contributed by atoms with Gasteiger partial charge in [-0.2, -0.15) is 0 Å². The van der Waals surface area contributed by atoms with Gasteiger partial charge in [0.15, 0.2) is 6.61 Å². The number of hydrogen-bond acceptors (Lipinski definition) is 7. The first-order valence-electron chi connectivity index (χ1n) is 12.4. The van der Waals surface area contributed by atoms with E-state index in [1.54, 1.807) is 25.1 Å². The fourth-order valence-corrected chi connectivity index (χ4v) is 3.55. The fraction of sp³-hybridized carbons (Fsp3) is 0.161. The molecule has 1 amide bonds. The van der Waals surface area contributed by atoms with Crippen molar-refractivity contribution in [1.29, 1.82) is 0 Å². The van der Waals surface area contributed by atoms with Crippen molar-refractivity contribution in [3.63, 3.8) is 0 Å². The van der Waals surface area contributed by atoms with Crippen LogP contribution in [0.5, 0.6) is 23.0 Å². The van der Waals surface area contributed by atoms with Crippen molar-refractivity contribution in [1.82, 2.24) is 5.32 Å². The van der Waals surface area contributed by atoms with E-state index in [2.05, 4.69) is 11.9 Å². The zero-order valence-corrected chi connectivity index (χ0v) is 21.5. The number of ether oxygens (including phenoxy) is 5. The molecular formula is C31H29NO7. The Kier molecular flexibility index (Phi) is 9.39. The average molecular weight is 528 g/mol. The van der Waals surface area contributed by atoms with Crippen molar-refractivity contribution in [2.45, 2.75) is 13.2 Å². The maximum atomic E-state index is 12.2. The number of para-hydroxylation sites is 2. The van der Waals surface area contributed by atoms with Crippen molar-refractivity contribution in [2.24, 2.45) is 0 Å². The summed E-state index contributed by atoms with van der Waals surface area (Å²) in [5.74, 6) is 1.94. The minimum atomic E-state index is -0.955. The van der Waals surface area contributed by atoms with Crippen LogP contribution in [0.15, 0.2) is 109 Å². The van der Waals surface area contributed by atoms with Gasteiger partial charge in [-0.1, -0.05) is 67.2 Å². The number of amides is 1. The smallest absolute Gasteiger partial charge is 0.407 e. The minimum Gasteiger partial charge on any atom is -0.460 e. The van der Waals surface area contributed by atoms with E-state index in [0.29, 0.717) is 17.2 Å². The van der Waals surface area contributed by atoms with Gasteiger partial charge in [-0.05, 0) is 43.3 Å². The SMILES string of the molecule is C=C(C)C(=O)OCCNC(=O)OCC(Oc1ccccc1)Oc1ccc(Oc2ccccc2)c2ccccc12. The molecule has 1 N–H and O–H groups in total. The van der Waals surface area contributed by atoms with Crippen molar-refractivity contribution in [3.8, 4) is 23.0 Å². The molecule has 0 fully saturated rings. The molecule has 0 spiro atoms. The van der Waals surface area contributed by atoms with E-state index in [9.17, 15) is 9.59 Å². The molecule has 0 aliphatic heterocycles. The lowest BCUT2D eigenvalue weighted by Gasteiger charge is -2.22. The molecule has 0 bridgehead atoms. The number of nitrogens with one attached hydrogen (secondary N) is 1. The number of benzene rings is 4. The lowest BCUT2D eigenvalue weighted by atomic mass is 10.1. The summed E-state index contributed by atoms with van der Waals surface area (Å²) in [6, 6.07) is 29.9. The first-order chi connectivity index (χ1) is 19.0. The second kappa shape index (κ2) is 13.5. The molecule has 39 heavy (non-hydrogen) atoms. The highest BCUT2D eigenvalue weighted by atomic mass is 16.7. The molecule has 4 rings (SSSR count). The predicted octanol–water partition coefficient (Wildman–Crippen LogP) is 6.26. The summed E-state index contributed by atoms with van der Waals surface area (Å²) in [5, 5.41) is 4.17. The van der Waals surface area contributed by atoms with Crippen LogP contribution in [-0.4, -0.2) is 38.1 Å². The third-order valence-electron chi connectivity index (χ3n) is 5.39. The molecule has 0 aromatic heterocycles. The number of carbonyl (C=O) groups is 2. The van der Waals surface area contributed by atoms with Gasteiger partial charge in [-0.15, -0.1) is 0 Å². The Morgan fingerprint density at radius 1 is 0.744 bits per heavy atom. The van der Waals surface area contributed by atoms with Gasteiger partial charge in [-0.3, -0.25) is 0 Å². The fourth-order valence-electron chi connectivity index (χ4n) is 3.55. The van der Waals surface area contributed by atoms with Crippen LogP contribution in [-0.2, 0) is 14.3 Å². The first-order valence-corrected chi connectivity index (χ1v) is 12.4. The molecule has 0 heterocycles. The van der Waals surface area contributed by atoms with Crippen LogP contribution in [0.3, 0.4) is 0 Å². The van der Waals surface area contributed by atoms with Gasteiger partial charge in [0.1, 0.15) is 29.6 Å². The van der Waals surface area contributed by atoms with E-state index < -0.39 is 18.4 Å². The summed E-state index contributed by atoms with van der Waals surface area (Å²) >= 11 is 0. The van der Waals surface area contributed by atoms with E-state index in [4.69, 9.17) is 23.7 Å². The largest absolute Gasteiger partial charge is 0.460 e. The molecule has 4 aromatic carbocycles. The second-order valence-corrected chi connectivity index (χ2v) is 8.44. The zero-order valence-electron chi connectivity index (χ0n) is 21.5. The summed E-state index contributed by atoms with van der Waals surface area (Å²) in [6.45, 7) is 4.92. The molecule has 8 heteroatoms. The normalized spacial score (nSPS) is 11.2. The van der Waals surface area contributed by atoms with Gasteiger partial charge in [0.25, 0.3) is 6.29 Å². The molecule has 1 atom stereocenters. The predicted molar refractivity (Wildman–Crippen MR) is 147 cm³/mol. The van der Waals surface area contributed by atoms with Gasteiger partial charge in [0, 0.05) is 16.3 Å². The van der Waals surface area contributed by atoms with Gasteiger partial charge in [0.2, 0.25) is 0 Å². The van der Waals surface area contributed by atoms with Crippen molar-refractivity contribution >= 4 is 22.8 Å². The molecule has 0 aliphatic carbocycles. The molecule has 0 radical (unpaired) electrons. The minimum absolute atomic E-state index is 0.00930. The first kappa shape index (κ1) is 27.1. The zero-order chi connectivity index (χ0) is 27.5. The van der Waals surface area contributed by atoms with Crippen LogP contribution in [0.1, 0.15) is 6.92 Å². The van der Waals surface area contributed by atoms with Crippen LogP contribution in [0.2, 0.25) is 0 Å². The van der Waals surface area contributed by atoms with E-state index in [-0.39, 0.29) is 25.3 Å². The number of carbonyl (C=O) groups excluding carboxylic acids is 2. The van der Waals surface area contributed by atoms with Gasteiger partial charge in [-0.25, -0.2) is 9.59 Å². The average Bonchev–Trinajstić information content (AvgIpc) is 2.96.